The first-order valence-electron chi connectivity index (χ1n) is 9.05. The Balaban J connectivity index is 1.87. The van der Waals surface area contributed by atoms with E-state index in [2.05, 4.69) is 29.6 Å². The first-order valence-corrected chi connectivity index (χ1v) is 9.05. The number of hydrogen-bond acceptors (Lipinski definition) is 4. The van der Waals surface area contributed by atoms with Gasteiger partial charge in [-0.05, 0) is 31.9 Å². The molecule has 7 heteroatoms. The smallest absolute Gasteiger partial charge is 0.224 e. The number of rotatable bonds is 8. The van der Waals surface area contributed by atoms with E-state index in [-0.39, 0.29) is 17.9 Å². The lowest BCUT2D eigenvalue weighted by Gasteiger charge is -2.10. The second-order valence-electron chi connectivity index (χ2n) is 6.95. The Morgan fingerprint density at radius 1 is 1.33 bits per heavy atom. The zero-order chi connectivity index (χ0) is 20.0. The summed E-state index contributed by atoms with van der Waals surface area (Å²) in [5, 5.41) is 19.4. The van der Waals surface area contributed by atoms with Gasteiger partial charge in [0, 0.05) is 30.9 Å². The molecule has 2 N–H and O–H groups in total. The summed E-state index contributed by atoms with van der Waals surface area (Å²) in [5.74, 6) is -0.167. The van der Waals surface area contributed by atoms with Gasteiger partial charge in [0.1, 0.15) is 17.4 Å². The Labute approximate surface area is 159 Å². The highest BCUT2D eigenvalue weighted by Crippen LogP contribution is 2.17. The molecule has 0 bridgehead atoms. The van der Waals surface area contributed by atoms with Crippen LogP contribution in [0.3, 0.4) is 0 Å². The summed E-state index contributed by atoms with van der Waals surface area (Å²) in [5.41, 5.74) is 3.26. The van der Waals surface area contributed by atoms with Crippen molar-refractivity contribution in [1.29, 1.82) is 5.26 Å². The van der Waals surface area contributed by atoms with E-state index < -0.39 is 5.82 Å². The predicted molar refractivity (Wildman–Crippen MR) is 103 cm³/mol. The van der Waals surface area contributed by atoms with E-state index >= 15 is 0 Å². The highest BCUT2D eigenvalue weighted by atomic mass is 19.1. The molecule has 0 aliphatic carbocycles. The molecule has 0 spiro atoms. The molecule has 0 saturated heterocycles. The van der Waals surface area contributed by atoms with Crippen molar-refractivity contribution >= 4 is 11.6 Å². The van der Waals surface area contributed by atoms with E-state index in [4.69, 9.17) is 5.26 Å². The molecule has 144 valence electrons. The van der Waals surface area contributed by atoms with Gasteiger partial charge in [-0.1, -0.05) is 19.9 Å². The molecule has 0 aliphatic heterocycles. The van der Waals surface area contributed by atoms with Crippen molar-refractivity contribution in [2.24, 2.45) is 5.92 Å². The number of benzene rings is 1. The molecule has 1 amide bonds. The van der Waals surface area contributed by atoms with Crippen LogP contribution in [-0.4, -0.2) is 28.8 Å². The Morgan fingerprint density at radius 3 is 2.74 bits per heavy atom. The minimum Gasteiger partial charge on any atom is -0.382 e. The third-order valence-corrected chi connectivity index (χ3v) is 4.29. The molecule has 1 heterocycles. The average molecular weight is 371 g/mol. The maximum Gasteiger partial charge on any atom is 0.224 e. The number of halogens is 1. The van der Waals surface area contributed by atoms with Crippen LogP contribution >= 0.6 is 0 Å². The van der Waals surface area contributed by atoms with E-state index in [1.807, 2.05) is 24.6 Å². The Hall–Kier alpha value is -2.88. The maximum absolute atomic E-state index is 13.5. The van der Waals surface area contributed by atoms with E-state index in [0.717, 1.165) is 23.5 Å². The van der Waals surface area contributed by atoms with Crippen LogP contribution in [0.2, 0.25) is 0 Å². The summed E-state index contributed by atoms with van der Waals surface area (Å²) in [6.07, 6.45) is 0.277. The molecule has 0 fully saturated rings. The molecule has 6 nitrogen and oxygen atoms in total. The van der Waals surface area contributed by atoms with Crippen LogP contribution in [0, 0.1) is 36.9 Å². The van der Waals surface area contributed by atoms with Crippen LogP contribution in [-0.2, 0) is 17.8 Å². The molecule has 0 radical (unpaired) electrons. The number of aryl methyl sites for hydroxylation is 1. The fraction of sp³-hybridized carbons (Fsp3) is 0.450. The van der Waals surface area contributed by atoms with Gasteiger partial charge in [0.2, 0.25) is 5.91 Å². The first kappa shape index (κ1) is 20.4. The molecule has 2 rings (SSSR count). The average Bonchev–Trinajstić information content (AvgIpc) is 2.85. The SMILES string of the molecule is Cc1nn(CC(C)C)c(C)c1CC(=O)NCCNc1cccc(F)c1C#N. The standard InChI is InChI=1S/C20H26FN5O/c1-13(2)12-26-15(4)16(14(3)25-26)10-20(27)24-9-8-23-19-7-5-6-18(21)17(19)11-22/h5-7,13,23H,8-10,12H2,1-4H3,(H,24,27). The lowest BCUT2D eigenvalue weighted by Crippen LogP contribution is -2.30. The van der Waals surface area contributed by atoms with Crippen LogP contribution in [0.25, 0.3) is 0 Å². The minimum atomic E-state index is -0.559. The normalized spacial score (nSPS) is 10.7. The van der Waals surface area contributed by atoms with Crippen molar-refractivity contribution in [2.45, 2.75) is 40.7 Å². The zero-order valence-electron chi connectivity index (χ0n) is 16.3. The fourth-order valence-electron chi connectivity index (χ4n) is 2.92. The number of hydrogen-bond donors (Lipinski definition) is 2. The van der Waals surface area contributed by atoms with Crippen LogP contribution in [0.1, 0.15) is 36.4 Å². The van der Waals surface area contributed by atoms with Crippen LogP contribution in [0.15, 0.2) is 18.2 Å². The largest absolute Gasteiger partial charge is 0.382 e. The number of carbonyl (C=O) groups is 1. The van der Waals surface area contributed by atoms with Gasteiger partial charge in [0.25, 0.3) is 0 Å². The van der Waals surface area contributed by atoms with Crippen molar-refractivity contribution in [3.63, 3.8) is 0 Å². The van der Waals surface area contributed by atoms with Crippen molar-refractivity contribution in [2.75, 3.05) is 18.4 Å². The molecule has 0 aliphatic rings. The number of nitriles is 1. The molecular formula is C20H26FN5O. The fourth-order valence-corrected chi connectivity index (χ4v) is 2.92. The molecule has 2 aromatic rings. The van der Waals surface area contributed by atoms with E-state index in [9.17, 15) is 9.18 Å². The van der Waals surface area contributed by atoms with Crippen LogP contribution in [0.5, 0.6) is 0 Å². The topological polar surface area (TPSA) is 82.7 Å². The summed E-state index contributed by atoms with van der Waals surface area (Å²) < 4.78 is 15.5. The van der Waals surface area contributed by atoms with Crippen molar-refractivity contribution < 1.29 is 9.18 Å². The van der Waals surface area contributed by atoms with Gasteiger partial charge in [-0.3, -0.25) is 9.48 Å². The maximum atomic E-state index is 13.5. The van der Waals surface area contributed by atoms with Gasteiger partial charge < -0.3 is 10.6 Å². The number of nitrogens with zero attached hydrogens (tertiary/aromatic N) is 3. The van der Waals surface area contributed by atoms with Gasteiger partial charge in [-0.25, -0.2) is 4.39 Å². The van der Waals surface area contributed by atoms with Gasteiger partial charge in [0.15, 0.2) is 0 Å². The van der Waals surface area contributed by atoms with Crippen molar-refractivity contribution in [1.82, 2.24) is 15.1 Å². The van der Waals surface area contributed by atoms with Crippen LogP contribution < -0.4 is 10.6 Å². The lowest BCUT2D eigenvalue weighted by molar-refractivity contribution is -0.120. The van der Waals surface area contributed by atoms with Gasteiger partial charge in [-0.2, -0.15) is 10.4 Å². The van der Waals surface area contributed by atoms with Crippen LogP contribution in [0.4, 0.5) is 10.1 Å². The van der Waals surface area contributed by atoms with E-state index in [0.29, 0.717) is 24.7 Å². The first-order chi connectivity index (χ1) is 12.8. The molecule has 1 aromatic carbocycles. The molecule has 0 atom stereocenters. The highest BCUT2D eigenvalue weighted by Gasteiger charge is 2.15. The summed E-state index contributed by atoms with van der Waals surface area (Å²) >= 11 is 0. The Kier molecular flexibility index (Phi) is 6.94. The quantitative estimate of drug-likeness (QED) is 0.699. The lowest BCUT2D eigenvalue weighted by atomic mass is 10.1. The zero-order valence-corrected chi connectivity index (χ0v) is 16.3. The summed E-state index contributed by atoms with van der Waals surface area (Å²) in [6, 6.07) is 6.26. The third-order valence-electron chi connectivity index (χ3n) is 4.29. The predicted octanol–water partition coefficient (Wildman–Crippen LogP) is 2.94. The summed E-state index contributed by atoms with van der Waals surface area (Å²) in [7, 11) is 0. The highest BCUT2D eigenvalue weighted by molar-refractivity contribution is 5.79. The number of anilines is 1. The number of aromatic nitrogens is 2. The number of nitrogens with one attached hydrogen (secondary N) is 2. The summed E-state index contributed by atoms with van der Waals surface area (Å²) in [6.45, 7) is 9.76. The second kappa shape index (κ2) is 9.17. The molecule has 0 unspecified atom stereocenters. The molecule has 0 saturated carbocycles. The minimum absolute atomic E-state index is 0.0207. The number of carbonyl (C=O) groups excluding carboxylic acids is 1. The van der Waals surface area contributed by atoms with Crippen molar-refractivity contribution in [3.05, 3.63) is 46.5 Å². The van der Waals surface area contributed by atoms with Crippen molar-refractivity contribution in [3.8, 4) is 6.07 Å². The molecule has 1 aromatic heterocycles. The van der Waals surface area contributed by atoms with Gasteiger partial charge >= 0.3 is 0 Å². The second-order valence-corrected chi connectivity index (χ2v) is 6.95. The molecular weight excluding hydrogens is 345 g/mol. The van der Waals surface area contributed by atoms with E-state index in [1.165, 1.54) is 12.1 Å². The van der Waals surface area contributed by atoms with E-state index in [1.54, 1.807) is 6.07 Å². The van der Waals surface area contributed by atoms with Gasteiger partial charge in [-0.15, -0.1) is 0 Å². The van der Waals surface area contributed by atoms with Gasteiger partial charge in [0.05, 0.1) is 17.8 Å². The Morgan fingerprint density at radius 2 is 2.07 bits per heavy atom. The Bertz CT molecular complexity index is 851. The molecule has 27 heavy (non-hydrogen) atoms. The monoisotopic (exact) mass is 371 g/mol. The third kappa shape index (κ3) is 5.30. The summed E-state index contributed by atoms with van der Waals surface area (Å²) in [4.78, 5) is 12.2. The number of amides is 1.